The van der Waals surface area contributed by atoms with Crippen molar-refractivity contribution in [1.29, 1.82) is 0 Å². The molecule has 0 amide bonds. The molecular formula is C60H74IrN2O2-2. The van der Waals surface area contributed by atoms with E-state index in [2.05, 4.69) is 110 Å². The molecule has 6 aromatic rings. The second-order valence-electron chi connectivity index (χ2n) is 19.0. The molecule has 2 aromatic heterocycles. The molecule has 8 rings (SSSR count). The Morgan fingerprint density at radius 3 is 1.66 bits per heavy atom. The summed E-state index contributed by atoms with van der Waals surface area (Å²) in [7, 11) is 0. The molecule has 2 heterocycles. The molecule has 2 aliphatic rings. The predicted octanol–water partition coefficient (Wildman–Crippen LogP) is 17.0. The van der Waals surface area contributed by atoms with Crippen LogP contribution < -0.4 is 0 Å². The number of aryl methyl sites for hydroxylation is 4. The number of aliphatic hydroxyl groups is 1. The van der Waals surface area contributed by atoms with E-state index in [4.69, 9.17) is 2.74 Å². The first kappa shape index (κ1) is 48.5. The van der Waals surface area contributed by atoms with Crippen molar-refractivity contribution in [2.45, 2.75) is 164 Å². The van der Waals surface area contributed by atoms with Crippen LogP contribution in [0.2, 0.25) is 0 Å². The summed E-state index contributed by atoms with van der Waals surface area (Å²) >= 11 is 0. The van der Waals surface area contributed by atoms with Crippen LogP contribution in [-0.2, 0) is 24.9 Å². The Labute approximate surface area is 408 Å². The number of fused-ring (bicyclic) bond motifs is 2. The third-order valence-electron chi connectivity index (χ3n) is 14.3. The molecule has 5 heteroatoms. The molecule has 0 aliphatic heterocycles. The molecule has 2 saturated carbocycles. The number of aliphatic hydroxyl groups excluding tert-OH is 1. The number of hydrogen-bond acceptors (Lipinski definition) is 4. The number of allylic oxidation sites excluding steroid dienone is 2. The monoisotopic (exact) mass is 1050 g/mol. The molecule has 2 fully saturated rings. The molecule has 0 saturated heterocycles. The van der Waals surface area contributed by atoms with Crippen LogP contribution in [0.5, 0.6) is 0 Å². The number of nitrogens with zero attached hydrogens (tertiary/aromatic N) is 2. The van der Waals surface area contributed by atoms with E-state index in [-0.39, 0.29) is 55.2 Å². The van der Waals surface area contributed by atoms with E-state index in [1.807, 2.05) is 47.7 Å². The maximum absolute atomic E-state index is 11.9. The number of carbonyl (C=O) groups excluding carboxylic acids is 1. The minimum Gasteiger partial charge on any atom is -0.512 e. The number of aromatic nitrogens is 2. The van der Waals surface area contributed by atoms with Crippen molar-refractivity contribution in [3.8, 4) is 22.5 Å². The second kappa shape index (κ2) is 24.4. The first-order chi connectivity index (χ1) is 31.7. The molecule has 0 spiro atoms. The van der Waals surface area contributed by atoms with Gasteiger partial charge in [0, 0.05) is 49.9 Å². The Bertz CT molecular complexity index is 2590. The van der Waals surface area contributed by atoms with Crippen LogP contribution in [-0.4, -0.2) is 20.9 Å². The molecule has 0 unspecified atom stereocenters. The summed E-state index contributed by atoms with van der Waals surface area (Å²) in [4.78, 5) is 21.0. The van der Waals surface area contributed by atoms with Gasteiger partial charge in [0.25, 0.3) is 0 Å². The van der Waals surface area contributed by atoms with E-state index in [1.54, 1.807) is 0 Å². The van der Waals surface area contributed by atoms with Crippen molar-refractivity contribution >= 4 is 27.3 Å². The van der Waals surface area contributed by atoms with Crippen LogP contribution in [0.25, 0.3) is 44.1 Å². The maximum atomic E-state index is 11.9. The van der Waals surface area contributed by atoms with Crippen molar-refractivity contribution in [3.05, 3.63) is 142 Å². The molecule has 65 heavy (non-hydrogen) atoms. The normalized spacial score (nSPS) is 15.3. The SMILES string of the molecule is CCC(CC)C(=O)/C=C(\O)C(C)(CC)CC.Cc1[c-]c(-c2nccc3cc(C4CCCCC4)ccc23)cc(C)c1.[2H]c1nc(-c2[c-]c(C)cc(C)c2)c2ccc(C3CCCCC3)cc2c1[2H].[Ir]. The van der Waals surface area contributed by atoms with Crippen LogP contribution in [0.1, 0.15) is 172 Å². The zero-order valence-electron chi connectivity index (χ0n) is 42.7. The average molecular weight is 1050 g/mol. The van der Waals surface area contributed by atoms with Crippen molar-refractivity contribution in [1.82, 2.24) is 9.97 Å². The summed E-state index contributed by atoms with van der Waals surface area (Å²) < 4.78 is 16.6. The third-order valence-corrected chi connectivity index (χ3v) is 14.3. The summed E-state index contributed by atoms with van der Waals surface area (Å²) in [6.45, 7) is 18.4. The van der Waals surface area contributed by atoms with Gasteiger partial charge < -0.3 is 15.1 Å². The molecule has 0 atom stereocenters. The van der Waals surface area contributed by atoms with Crippen LogP contribution in [0.3, 0.4) is 0 Å². The Balaban J connectivity index is 0.000000193. The largest absolute Gasteiger partial charge is 0.512 e. The van der Waals surface area contributed by atoms with Gasteiger partial charge in [0.15, 0.2) is 5.78 Å². The van der Waals surface area contributed by atoms with Crippen LogP contribution in [0.4, 0.5) is 0 Å². The first-order valence-electron chi connectivity index (χ1n) is 25.4. The van der Waals surface area contributed by atoms with E-state index in [0.717, 1.165) is 76.0 Å². The third kappa shape index (κ3) is 13.4. The standard InChI is InChI=1S/2C23H24N.C14H26O2.Ir/c2*1-16-12-17(2)14-21(13-16)23-22-9-8-19(15-20(22)10-11-24-23)18-6-4-3-5-7-18;1-6-11(7-2)12(15)10-13(16)14(5,8-3)9-4;/h2*8-13,15,18H,3-7H2,1-2H3;10-11,16H,6-9H2,1-5H3;/q2*-1;;/b;;13-10-;/i10D,11D;;;. The van der Waals surface area contributed by atoms with Gasteiger partial charge in [-0.1, -0.05) is 137 Å². The second-order valence-corrected chi connectivity index (χ2v) is 19.0. The first-order valence-corrected chi connectivity index (χ1v) is 24.4. The fourth-order valence-electron chi connectivity index (χ4n) is 9.85. The van der Waals surface area contributed by atoms with Crippen molar-refractivity contribution in [2.24, 2.45) is 11.3 Å². The van der Waals surface area contributed by atoms with Gasteiger partial charge in [-0.25, -0.2) is 0 Å². The quantitative estimate of drug-likeness (QED) is 0.0798. The summed E-state index contributed by atoms with van der Waals surface area (Å²) in [5, 5.41) is 14.3. The molecule has 1 radical (unpaired) electrons. The predicted molar refractivity (Wildman–Crippen MR) is 271 cm³/mol. The number of hydrogen-bond donors (Lipinski definition) is 1. The molecule has 1 N–H and O–H groups in total. The zero-order valence-corrected chi connectivity index (χ0v) is 43.1. The van der Waals surface area contributed by atoms with Crippen molar-refractivity contribution < 1.29 is 32.7 Å². The minimum atomic E-state index is -0.248. The van der Waals surface area contributed by atoms with E-state index in [9.17, 15) is 9.90 Å². The molecular weight excluding hydrogens is 973 g/mol. The average Bonchev–Trinajstić information content (AvgIpc) is 3.32. The number of carbonyl (C=O) groups is 1. The summed E-state index contributed by atoms with van der Waals surface area (Å²) in [6, 6.07) is 31.1. The van der Waals surface area contributed by atoms with Crippen LogP contribution >= 0.6 is 0 Å². The van der Waals surface area contributed by atoms with Gasteiger partial charge >= 0.3 is 0 Å². The van der Waals surface area contributed by atoms with Gasteiger partial charge in [0.2, 0.25) is 0 Å². The summed E-state index contributed by atoms with van der Waals surface area (Å²) in [5.74, 6) is 1.70. The smallest absolute Gasteiger partial charge is 0.162 e. The molecule has 4 nitrogen and oxygen atoms in total. The van der Waals surface area contributed by atoms with Gasteiger partial charge in [-0.2, -0.15) is 0 Å². The number of benzene rings is 4. The number of rotatable bonds is 11. The minimum absolute atomic E-state index is 0. The van der Waals surface area contributed by atoms with Crippen molar-refractivity contribution in [2.75, 3.05) is 0 Å². The fraction of sp³-hybridized carbons (Fsp3) is 0.450. The van der Waals surface area contributed by atoms with E-state index < -0.39 is 0 Å². The molecule has 0 bridgehead atoms. The molecule has 2 aliphatic carbocycles. The Hall–Kier alpha value is -4.44. The Morgan fingerprint density at radius 1 is 0.708 bits per heavy atom. The van der Waals surface area contributed by atoms with Gasteiger partial charge in [0.05, 0.1) is 2.74 Å². The van der Waals surface area contributed by atoms with Gasteiger partial charge in [0.1, 0.15) is 5.76 Å². The van der Waals surface area contributed by atoms with Gasteiger partial charge in [-0.15, -0.1) is 69.8 Å². The van der Waals surface area contributed by atoms with Gasteiger partial charge in [-0.05, 0) is 119 Å². The van der Waals surface area contributed by atoms with E-state index in [0.29, 0.717) is 5.92 Å². The number of pyridine rings is 2. The van der Waals surface area contributed by atoms with Gasteiger partial charge in [-0.3, -0.25) is 4.79 Å². The van der Waals surface area contributed by atoms with Crippen molar-refractivity contribution in [3.63, 3.8) is 0 Å². The Morgan fingerprint density at radius 2 is 1.18 bits per heavy atom. The maximum Gasteiger partial charge on any atom is 0.162 e. The van der Waals surface area contributed by atoms with Crippen LogP contribution in [0.15, 0.2) is 97.0 Å². The van der Waals surface area contributed by atoms with Crippen LogP contribution in [0, 0.1) is 51.2 Å². The molecule has 4 aromatic carbocycles. The zero-order chi connectivity index (χ0) is 47.5. The summed E-state index contributed by atoms with van der Waals surface area (Å²) in [5.41, 5.74) is 11.0. The Kier molecular flexibility index (Phi) is 18.2. The topological polar surface area (TPSA) is 63.1 Å². The fourth-order valence-corrected chi connectivity index (χ4v) is 9.85. The molecule has 347 valence electrons. The summed E-state index contributed by atoms with van der Waals surface area (Å²) in [6.07, 6.45) is 20.0. The number of ketones is 1. The van der Waals surface area contributed by atoms with E-state index >= 15 is 0 Å². The van der Waals surface area contributed by atoms with E-state index in [1.165, 1.54) is 103 Å².